The van der Waals surface area contributed by atoms with Crippen LogP contribution in [0.1, 0.15) is 23.2 Å². The molecule has 0 aliphatic carbocycles. The zero-order chi connectivity index (χ0) is 16.2. The minimum absolute atomic E-state index is 0.167. The molecule has 1 aromatic carbocycles. The van der Waals surface area contributed by atoms with E-state index in [2.05, 4.69) is 36.5 Å². The Morgan fingerprint density at radius 2 is 2.30 bits per heavy atom. The molecular weight excluding hydrogens is 362 g/mol. The summed E-state index contributed by atoms with van der Waals surface area (Å²) in [7, 11) is 0. The second kappa shape index (κ2) is 6.74. The Bertz CT molecular complexity index is 827. The monoisotopic (exact) mass is 375 g/mol. The number of halogens is 1. The molecule has 0 spiro atoms. The second-order valence-corrected chi connectivity index (χ2v) is 5.71. The van der Waals surface area contributed by atoms with Gasteiger partial charge in [-0.25, -0.2) is 0 Å². The van der Waals surface area contributed by atoms with Crippen LogP contribution >= 0.6 is 15.9 Å². The lowest BCUT2D eigenvalue weighted by atomic mass is 10.2. The molecular formula is C15H14BrN5O2. The molecule has 7 nitrogen and oxygen atoms in total. The SMILES string of the molecule is CCn1cc(-c2noc(CNC(=O)c3cccc(Br)c3)n2)cn1. The van der Waals surface area contributed by atoms with Crippen LogP contribution < -0.4 is 5.32 Å². The zero-order valence-corrected chi connectivity index (χ0v) is 13.9. The van der Waals surface area contributed by atoms with Crippen LogP contribution in [0.2, 0.25) is 0 Å². The summed E-state index contributed by atoms with van der Waals surface area (Å²) >= 11 is 3.33. The van der Waals surface area contributed by atoms with Crippen LogP contribution in [-0.2, 0) is 13.1 Å². The van der Waals surface area contributed by atoms with Crippen LogP contribution in [0, 0.1) is 0 Å². The van der Waals surface area contributed by atoms with Gasteiger partial charge in [0.05, 0.1) is 18.3 Å². The second-order valence-electron chi connectivity index (χ2n) is 4.79. The van der Waals surface area contributed by atoms with Gasteiger partial charge in [0.25, 0.3) is 5.91 Å². The summed E-state index contributed by atoms with van der Waals surface area (Å²) in [6.07, 6.45) is 3.52. The Morgan fingerprint density at radius 1 is 1.43 bits per heavy atom. The van der Waals surface area contributed by atoms with Gasteiger partial charge in [0, 0.05) is 22.8 Å². The summed E-state index contributed by atoms with van der Waals surface area (Å²) in [5.74, 6) is 0.592. The first kappa shape index (κ1) is 15.4. The Labute approximate surface area is 140 Å². The Balaban J connectivity index is 1.64. The molecule has 0 saturated carbocycles. The van der Waals surface area contributed by atoms with E-state index in [4.69, 9.17) is 4.52 Å². The van der Waals surface area contributed by atoms with Crippen molar-refractivity contribution in [3.05, 3.63) is 52.6 Å². The maximum atomic E-state index is 12.1. The predicted molar refractivity (Wildman–Crippen MR) is 86.5 cm³/mol. The molecule has 0 radical (unpaired) electrons. The van der Waals surface area contributed by atoms with Crippen molar-refractivity contribution in [3.8, 4) is 11.4 Å². The molecule has 0 saturated heterocycles. The van der Waals surface area contributed by atoms with Crippen molar-refractivity contribution in [2.75, 3.05) is 0 Å². The van der Waals surface area contributed by atoms with Crippen LogP contribution in [0.4, 0.5) is 0 Å². The van der Waals surface area contributed by atoms with Gasteiger partial charge in [-0.1, -0.05) is 27.2 Å². The van der Waals surface area contributed by atoms with E-state index in [0.29, 0.717) is 17.3 Å². The highest BCUT2D eigenvalue weighted by Gasteiger charge is 2.12. The Kier molecular flexibility index (Phi) is 4.52. The van der Waals surface area contributed by atoms with Gasteiger partial charge in [-0.05, 0) is 25.1 Å². The maximum absolute atomic E-state index is 12.1. The van der Waals surface area contributed by atoms with Gasteiger partial charge >= 0.3 is 0 Å². The fraction of sp³-hybridized carbons (Fsp3) is 0.200. The number of nitrogens with one attached hydrogen (secondary N) is 1. The highest BCUT2D eigenvalue weighted by atomic mass is 79.9. The highest BCUT2D eigenvalue weighted by molar-refractivity contribution is 9.10. The minimum Gasteiger partial charge on any atom is -0.343 e. The number of aromatic nitrogens is 4. The molecule has 8 heteroatoms. The number of benzene rings is 1. The molecule has 2 heterocycles. The number of carbonyl (C=O) groups is 1. The van der Waals surface area contributed by atoms with E-state index in [9.17, 15) is 4.79 Å². The van der Waals surface area contributed by atoms with Gasteiger partial charge < -0.3 is 9.84 Å². The van der Waals surface area contributed by atoms with Gasteiger partial charge in [0.15, 0.2) is 0 Å². The highest BCUT2D eigenvalue weighted by Crippen LogP contribution is 2.15. The number of hydrogen-bond acceptors (Lipinski definition) is 5. The van der Waals surface area contributed by atoms with E-state index in [0.717, 1.165) is 16.6 Å². The summed E-state index contributed by atoms with van der Waals surface area (Å²) in [5.41, 5.74) is 1.34. The van der Waals surface area contributed by atoms with Crippen molar-refractivity contribution >= 4 is 21.8 Å². The number of hydrogen-bond donors (Lipinski definition) is 1. The summed E-state index contributed by atoms with van der Waals surface area (Å²) in [4.78, 5) is 16.3. The van der Waals surface area contributed by atoms with Crippen molar-refractivity contribution in [2.24, 2.45) is 0 Å². The van der Waals surface area contributed by atoms with E-state index in [1.54, 1.807) is 29.1 Å². The molecule has 0 bridgehead atoms. The van der Waals surface area contributed by atoms with E-state index < -0.39 is 0 Å². The molecule has 0 fully saturated rings. The molecule has 0 aliphatic rings. The van der Waals surface area contributed by atoms with Gasteiger partial charge in [-0.2, -0.15) is 10.1 Å². The first-order chi connectivity index (χ1) is 11.2. The largest absolute Gasteiger partial charge is 0.343 e. The molecule has 3 aromatic rings. The first-order valence-electron chi connectivity index (χ1n) is 7.05. The fourth-order valence-electron chi connectivity index (χ4n) is 1.98. The predicted octanol–water partition coefficient (Wildman–Crippen LogP) is 2.65. The lowest BCUT2D eigenvalue weighted by Crippen LogP contribution is -2.22. The number of rotatable bonds is 5. The minimum atomic E-state index is -0.204. The average molecular weight is 376 g/mol. The molecule has 1 amide bonds. The zero-order valence-electron chi connectivity index (χ0n) is 12.4. The quantitative estimate of drug-likeness (QED) is 0.740. The van der Waals surface area contributed by atoms with Gasteiger partial charge in [-0.15, -0.1) is 0 Å². The van der Waals surface area contributed by atoms with Crippen LogP contribution in [0.15, 0.2) is 45.7 Å². The lowest BCUT2D eigenvalue weighted by Gasteiger charge is -2.02. The lowest BCUT2D eigenvalue weighted by molar-refractivity contribution is 0.0946. The van der Waals surface area contributed by atoms with Crippen molar-refractivity contribution < 1.29 is 9.32 Å². The van der Waals surface area contributed by atoms with Crippen LogP contribution in [0.25, 0.3) is 11.4 Å². The summed E-state index contributed by atoms with van der Waals surface area (Å²) < 4.78 is 7.77. The maximum Gasteiger partial charge on any atom is 0.251 e. The summed E-state index contributed by atoms with van der Waals surface area (Å²) in [6, 6.07) is 7.14. The summed E-state index contributed by atoms with van der Waals surface area (Å²) in [5, 5.41) is 10.8. The van der Waals surface area contributed by atoms with Crippen molar-refractivity contribution in [3.63, 3.8) is 0 Å². The molecule has 0 aliphatic heterocycles. The molecule has 0 unspecified atom stereocenters. The van der Waals surface area contributed by atoms with E-state index in [1.807, 2.05) is 19.2 Å². The normalized spacial score (nSPS) is 10.7. The Hall–Kier alpha value is -2.48. The molecule has 3 rings (SSSR count). The number of nitrogens with zero attached hydrogens (tertiary/aromatic N) is 4. The number of carbonyl (C=O) groups excluding carboxylic acids is 1. The molecule has 2 aromatic heterocycles. The van der Waals surface area contributed by atoms with E-state index in [1.165, 1.54) is 0 Å². The summed E-state index contributed by atoms with van der Waals surface area (Å²) in [6.45, 7) is 2.93. The van der Waals surface area contributed by atoms with Gasteiger partial charge in [0.1, 0.15) is 0 Å². The smallest absolute Gasteiger partial charge is 0.251 e. The van der Waals surface area contributed by atoms with Gasteiger partial charge in [-0.3, -0.25) is 9.48 Å². The first-order valence-corrected chi connectivity index (χ1v) is 7.84. The van der Waals surface area contributed by atoms with Crippen LogP contribution in [-0.4, -0.2) is 25.8 Å². The molecule has 0 atom stereocenters. The van der Waals surface area contributed by atoms with Crippen molar-refractivity contribution in [2.45, 2.75) is 20.0 Å². The number of aryl methyl sites for hydroxylation is 1. The van der Waals surface area contributed by atoms with E-state index in [-0.39, 0.29) is 12.5 Å². The topological polar surface area (TPSA) is 85.8 Å². The molecule has 1 N–H and O–H groups in total. The molecule has 118 valence electrons. The Morgan fingerprint density at radius 3 is 3.04 bits per heavy atom. The van der Waals surface area contributed by atoms with Crippen LogP contribution in [0.5, 0.6) is 0 Å². The third-order valence-corrected chi connectivity index (χ3v) is 3.66. The van der Waals surface area contributed by atoms with Gasteiger partial charge in [0.2, 0.25) is 11.7 Å². The van der Waals surface area contributed by atoms with E-state index >= 15 is 0 Å². The molecule has 23 heavy (non-hydrogen) atoms. The number of amides is 1. The third kappa shape index (κ3) is 3.65. The van der Waals surface area contributed by atoms with Crippen LogP contribution in [0.3, 0.4) is 0 Å². The fourth-order valence-corrected chi connectivity index (χ4v) is 2.38. The third-order valence-electron chi connectivity index (χ3n) is 3.17. The van der Waals surface area contributed by atoms with Crippen molar-refractivity contribution in [1.82, 2.24) is 25.2 Å². The van der Waals surface area contributed by atoms with Crippen molar-refractivity contribution in [1.29, 1.82) is 0 Å². The average Bonchev–Trinajstić information content (AvgIpc) is 3.21. The standard InChI is InChI=1S/C15H14BrN5O2/c1-2-21-9-11(7-18-21)14-19-13(23-20-14)8-17-15(22)10-4-3-5-12(16)6-10/h3-7,9H,2,8H2,1H3,(H,17,22).